The third-order valence-corrected chi connectivity index (χ3v) is 4.68. The SMILES string of the molecule is Cc1ccc([N+](=O)[O-])cc1NC(=O)N1CCSC(C)(C)C1. The molecule has 1 aromatic rings. The molecule has 0 saturated carbocycles. The summed E-state index contributed by atoms with van der Waals surface area (Å²) < 4.78 is 0.0350. The molecule has 0 aliphatic carbocycles. The maximum Gasteiger partial charge on any atom is 0.321 e. The molecule has 0 unspecified atom stereocenters. The Morgan fingerprint density at radius 1 is 1.48 bits per heavy atom. The number of amides is 2. The van der Waals surface area contributed by atoms with Crippen LogP contribution in [0.15, 0.2) is 18.2 Å². The van der Waals surface area contributed by atoms with Crippen LogP contribution in [-0.4, -0.2) is 39.4 Å². The molecule has 0 aromatic heterocycles. The number of urea groups is 1. The van der Waals surface area contributed by atoms with Gasteiger partial charge in [-0.05, 0) is 26.3 Å². The number of anilines is 1. The van der Waals surface area contributed by atoms with Crippen molar-refractivity contribution in [1.29, 1.82) is 0 Å². The number of hydrogen-bond donors (Lipinski definition) is 1. The van der Waals surface area contributed by atoms with E-state index in [4.69, 9.17) is 0 Å². The third kappa shape index (κ3) is 3.87. The average Bonchev–Trinajstić information content (AvgIpc) is 2.39. The zero-order valence-corrected chi connectivity index (χ0v) is 13.2. The second-order valence-corrected chi connectivity index (χ2v) is 7.52. The molecule has 1 saturated heterocycles. The van der Waals surface area contributed by atoms with Gasteiger partial charge in [0.05, 0.1) is 10.6 Å². The van der Waals surface area contributed by atoms with E-state index in [1.807, 2.05) is 18.7 Å². The highest BCUT2D eigenvalue weighted by atomic mass is 32.2. The lowest BCUT2D eigenvalue weighted by molar-refractivity contribution is -0.384. The number of nitro groups is 1. The summed E-state index contributed by atoms with van der Waals surface area (Å²) in [6.07, 6.45) is 0. The van der Waals surface area contributed by atoms with Gasteiger partial charge in [0.2, 0.25) is 0 Å². The Hall–Kier alpha value is -1.76. The molecule has 0 radical (unpaired) electrons. The minimum atomic E-state index is -0.463. The maximum absolute atomic E-state index is 12.3. The molecule has 1 N–H and O–H groups in total. The Balaban J connectivity index is 2.12. The first-order valence-electron chi connectivity index (χ1n) is 6.73. The molecule has 7 heteroatoms. The molecule has 21 heavy (non-hydrogen) atoms. The van der Waals surface area contributed by atoms with E-state index in [0.29, 0.717) is 18.8 Å². The molecule has 2 rings (SSSR count). The first-order valence-corrected chi connectivity index (χ1v) is 7.72. The molecule has 1 heterocycles. The number of thioether (sulfide) groups is 1. The van der Waals surface area contributed by atoms with Crippen LogP contribution >= 0.6 is 11.8 Å². The lowest BCUT2D eigenvalue weighted by Gasteiger charge is -2.37. The van der Waals surface area contributed by atoms with E-state index in [1.54, 1.807) is 11.0 Å². The summed E-state index contributed by atoms with van der Waals surface area (Å²) in [6.45, 7) is 7.38. The lowest BCUT2D eigenvalue weighted by Crippen LogP contribution is -2.47. The van der Waals surface area contributed by atoms with Crippen molar-refractivity contribution in [2.24, 2.45) is 0 Å². The fraction of sp³-hybridized carbons (Fsp3) is 0.500. The summed E-state index contributed by atoms with van der Waals surface area (Å²) in [6, 6.07) is 4.28. The molecule has 1 aliphatic heterocycles. The van der Waals surface area contributed by atoms with Crippen LogP contribution in [-0.2, 0) is 0 Å². The number of carbonyl (C=O) groups is 1. The number of hydrogen-bond acceptors (Lipinski definition) is 4. The van der Waals surface area contributed by atoms with Gasteiger partial charge < -0.3 is 10.2 Å². The van der Waals surface area contributed by atoms with Crippen molar-refractivity contribution in [3.63, 3.8) is 0 Å². The number of nitrogens with zero attached hydrogens (tertiary/aromatic N) is 2. The topological polar surface area (TPSA) is 75.5 Å². The number of aryl methyl sites for hydroxylation is 1. The molecule has 1 aliphatic rings. The van der Waals surface area contributed by atoms with Crippen molar-refractivity contribution < 1.29 is 9.72 Å². The highest BCUT2D eigenvalue weighted by molar-refractivity contribution is 8.00. The quantitative estimate of drug-likeness (QED) is 0.672. The standard InChI is InChI=1S/C14H19N3O3S/c1-10-4-5-11(17(19)20)8-12(10)15-13(18)16-6-7-21-14(2,3)9-16/h4-5,8H,6-7,9H2,1-3H3,(H,15,18). The summed E-state index contributed by atoms with van der Waals surface area (Å²) in [5.41, 5.74) is 1.27. The smallest absolute Gasteiger partial charge is 0.321 e. The molecular formula is C14H19N3O3S. The molecule has 114 valence electrons. The Morgan fingerprint density at radius 3 is 2.81 bits per heavy atom. The van der Waals surface area contributed by atoms with Crippen molar-refractivity contribution in [3.05, 3.63) is 33.9 Å². The van der Waals surface area contributed by atoms with Gasteiger partial charge in [-0.2, -0.15) is 11.8 Å². The first-order chi connectivity index (χ1) is 9.78. The van der Waals surface area contributed by atoms with Gasteiger partial charge in [0, 0.05) is 35.7 Å². The van der Waals surface area contributed by atoms with E-state index in [2.05, 4.69) is 19.2 Å². The zero-order valence-electron chi connectivity index (χ0n) is 12.4. The van der Waals surface area contributed by atoms with Crippen molar-refractivity contribution in [2.45, 2.75) is 25.5 Å². The highest BCUT2D eigenvalue weighted by Gasteiger charge is 2.30. The van der Waals surface area contributed by atoms with Gasteiger partial charge in [-0.25, -0.2) is 4.79 Å². The van der Waals surface area contributed by atoms with Crippen LogP contribution < -0.4 is 5.32 Å². The molecule has 0 spiro atoms. The van der Waals surface area contributed by atoms with Gasteiger partial charge in [-0.3, -0.25) is 10.1 Å². The van der Waals surface area contributed by atoms with E-state index < -0.39 is 4.92 Å². The summed E-state index contributed by atoms with van der Waals surface area (Å²) in [4.78, 5) is 24.4. The van der Waals surface area contributed by atoms with Crippen LogP contribution in [0.3, 0.4) is 0 Å². The van der Waals surface area contributed by atoms with E-state index >= 15 is 0 Å². The van der Waals surface area contributed by atoms with E-state index in [0.717, 1.165) is 11.3 Å². The van der Waals surface area contributed by atoms with Crippen LogP contribution in [0, 0.1) is 17.0 Å². The summed E-state index contributed by atoms with van der Waals surface area (Å²) in [5.74, 6) is 0.897. The predicted molar refractivity (Wildman–Crippen MR) is 85.0 cm³/mol. The number of nitrogens with one attached hydrogen (secondary N) is 1. The van der Waals surface area contributed by atoms with Crippen LogP contribution in [0.5, 0.6) is 0 Å². The van der Waals surface area contributed by atoms with Crippen LogP contribution in [0.2, 0.25) is 0 Å². The molecule has 1 fully saturated rings. The molecule has 6 nitrogen and oxygen atoms in total. The van der Waals surface area contributed by atoms with Gasteiger partial charge in [-0.15, -0.1) is 0 Å². The summed E-state index contributed by atoms with van der Waals surface area (Å²) >= 11 is 1.85. The molecule has 0 bridgehead atoms. The second-order valence-electron chi connectivity index (χ2n) is 5.72. The summed E-state index contributed by atoms with van der Waals surface area (Å²) in [5, 5.41) is 13.6. The Kier molecular flexibility index (Phi) is 4.41. The zero-order chi connectivity index (χ0) is 15.6. The molecule has 0 atom stereocenters. The van der Waals surface area contributed by atoms with Gasteiger partial charge in [0.25, 0.3) is 5.69 Å². The van der Waals surface area contributed by atoms with Crippen molar-refractivity contribution in [2.75, 3.05) is 24.2 Å². The third-order valence-electron chi connectivity index (χ3n) is 3.39. The number of rotatable bonds is 2. The fourth-order valence-electron chi connectivity index (χ4n) is 2.24. The number of carbonyl (C=O) groups excluding carboxylic acids is 1. The number of nitro benzene ring substituents is 1. The van der Waals surface area contributed by atoms with E-state index in [-0.39, 0.29) is 16.5 Å². The second kappa shape index (κ2) is 5.93. The van der Waals surface area contributed by atoms with Gasteiger partial charge in [0.1, 0.15) is 0 Å². The Bertz CT molecular complexity index is 575. The van der Waals surface area contributed by atoms with Gasteiger partial charge >= 0.3 is 6.03 Å². The number of non-ortho nitro benzene ring substituents is 1. The van der Waals surface area contributed by atoms with Crippen molar-refractivity contribution in [3.8, 4) is 0 Å². The molecular weight excluding hydrogens is 290 g/mol. The minimum absolute atomic E-state index is 0.0228. The molecule has 2 amide bonds. The maximum atomic E-state index is 12.3. The van der Waals surface area contributed by atoms with E-state index in [9.17, 15) is 14.9 Å². The van der Waals surface area contributed by atoms with Gasteiger partial charge in [0.15, 0.2) is 0 Å². The average molecular weight is 309 g/mol. The first kappa shape index (κ1) is 15.6. The van der Waals surface area contributed by atoms with Crippen molar-refractivity contribution in [1.82, 2.24) is 4.90 Å². The Labute approximate surface area is 128 Å². The fourth-order valence-corrected chi connectivity index (χ4v) is 3.35. The highest BCUT2D eigenvalue weighted by Crippen LogP contribution is 2.30. The van der Waals surface area contributed by atoms with Crippen LogP contribution in [0.25, 0.3) is 0 Å². The normalized spacial score (nSPS) is 17.4. The largest absolute Gasteiger partial charge is 0.322 e. The minimum Gasteiger partial charge on any atom is -0.322 e. The van der Waals surface area contributed by atoms with Crippen LogP contribution in [0.4, 0.5) is 16.2 Å². The van der Waals surface area contributed by atoms with Crippen molar-refractivity contribution >= 4 is 29.2 Å². The molecule has 1 aromatic carbocycles. The van der Waals surface area contributed by atoms with Gasteiger partial charge in [-0.1, -0.05) is 6.07 Å². The van der Waals surface area contributed by atoms with E-state index in [1.165, 1.54) is 12.1 Å². The van der Waals surface area contributed by atoms with Crippen LogP contribution in [0.1, 0.15) is 19.4 Å². The lowest BCUT2D eigenvalue weighted by atomic mass is 10.1. The predicted octanol–water partition coefficient (Wildman–Crippen LogP) is 3.26. The number of benzene rings is 1. The summed E-state index contributed by atoms with van der Waals surface area (Å²) in [7, 11) is 0. The monoisotopic (exact) mass is 309 g/mol. The Morgan fingerprint density at radius 2 is 2.19 bits per heavy atom.